The van der Waals surface area contributed by atoms with Crippen molar-refractivity contribution in [2.75, 3.05) is 0 Å². The Labute approximate surface area is 129 Å². The van der Waals surface area contributed by atoms with Crippen LogP contribution in [0.1, 0.15) is 30.9 Å². The van der Waals surface area contributed by atoms with Gasteiger partial charge in [-0.05, 0) is 36.8 Å². The summed E-state index contributed by atoms with van der Waals surface area (Å²) in [4.78, 5) is 0. The van der Waals surface area contributed by atoms with Gasteiger partial charge in [0.25, 0.3) is 0 Å². The van der Waals surface area contributed by atoms with E-state index in [1.807, 2.05) is 28.9 Å². The molecular formula is C19H16N2O. The van der Waals surface area contributed by atoms with E-state index < -0.39 is 0 Å². The van der Waals surface area contributed by atoms with Gasteiger partial charge in [0.1, 0.15) is 6.61 Å². The third-order valence-corrected chi connectivity index (χ3v) is 3.81. The summed E-state index contributed by atoms with van der Waals surface area (Å²) in [5, 5.41) is 5.71. The molecule has 3 heteroatoms. The summed E-state index contributed by atoms with van der Waals surface area (Å²) in [6.07, 6.45) is 2.02. The standard InChI is InChI=1S/C19H16N2O/c1-2-3-4-7-14-10-11-18-15(12-14)13-22-19-16-8-5-6-9-17(16)20-21(18)19/h5-6,8-12H,2-3,13H2,1H3. The Morgan fingerprint density at radius 1 is 1.23 bits per heavy atom. The molecule has 0 atom stereocenters. The summed E-state index contributed by atoms with van der Waals surface area (Å²) >= 11 is 0. The van der Waals surface area contributed by atoms with Crippen LogP contribution in [0.5, 0.6) is 5.88 Å². The largest absolute Gasteiger partial charge is 0.472 e. The molecule has 0 saturated carbocycles. The molecule has 2 heterocycles. The molecule has 0 bridgehead atoms. The molecule has 1 aliphatic rings. The molecule has 0 saturated heterocycles. The van der Waals surface area contributed by atoms with Crippen molar-refractivity contribution in [1.29, 1.82) is 0 Å². The van der Waals surface area contributed by atoms with Crippen LogP contribution in [0.15, 0.2) is 42.5 Å². The minimum absolute atomic E-state index is 0.564. The van der Waals surface area contributed by atoms with Crippen LogP contribution < -0.4 is 4.74 Å². The number of unbranched alkanes of at least 4 members (excludes halogenated alkanes) is 1. The Morgan fingerprint density at radius 3 is 3.05 bits per heavy atom. The maximum atomic E-state index is 5.94. The summed E-state index contributed by atoms with van der Waals surface area (Å²) < 4.78 is 7.83. The number of ether oxygens (including phenoxy) is 1. The van der Waals surface area contributed by atoms with Crippen molar-refractivity contribution >= 4 is 10.9 Å². The zero-order valence-electron chi connectivity index (χ0n) is 12.5. The molecule has 0 fully saturated rings. The predicted octanol–water partition coefficient (Wildman–Crippen LogP) is 4.07. The molecule has 3 nitrogen and oxygen atoms in total. The highest BCUT2D eigenvalue weighted by atomic mass is 16.5. The van der Waals surface area contributed by atoms with Crippen molar-refractivity contribution in [3.05, 3.63) is 53.6 Å². The van der Waals surface area contributed by atoms with Gasteiger partial charge >= 0.3 is 0 Å². The number of hydrogen-bond donors (Lipinski definition) is 0. The second-order valence-electron chi connectivity index (χ2n) is 5.42. The van der Waals surface area contributed by atoms with Crippen LogP contribution in [-0.4, -0.2) is 9.78 Å². The van der Waals surface area contributed by atoms with E-state index in [0.29, 0.717) is 6.61 Å². The van der Waals surface area contributed by atoms with Gasteiger partial charge in [0, 0.05) is 17.5 Å². The van der Waals surface area contributed by atoms with E-state index in [1.165, 1.54) is 0 Å². The van der Waals surface area contributed by atoms with E-state index in [4.69, 9.17) is 4.74 Å². The van der Waals surface area contributed by atoms with Gasteiger partial charge < -0.3 is 4.74 Å². The highest BCUT2D eigenvalue weighted by molar-refractivity contribution is 5.85. The van der Waals surface area contributed by atoms with Crippen molar-refractivity contribution in [2.24, 2.45) is 0 Å². The minimum atomic E-state index is 0.564. The molecule has 108 valence electrons. The minimum Gasteiger partial charge on any atom is -0.472 e. The molecule has 0 N–H and O–H groups in total. The van der Waals surface area contributed by atoms with Gasteiger partial charge in [-0.15, -0.1) is 0 Å². The molecule has 0 amide bonds. The Hall–Kier alpha value is -2.73. The number of hydrogen-bond acceptors (Lipinski definition) is 2. The van der Waals surface area contributed by atoms with Crippen molar-refractivity contribution in [3.8, 4) is 23.4 Å². The summed E-state index contributed by atoms with van der Waals surface area (Å²) in [5.41, 5.74) is 4.20. The zero-order chi connectivity index (χ0) is 14.9. The maximum absolute atomic E-state index is 5.94. The summed E-state index contributed by atoms with van der Waals surface area (Å²) in [6.45, 7) is 2.70. The van der Waals surface area contributed by atoms with Gasteiger partial charge in [0.15, 0.2) is 0 Å². The molecule has 1 aliphatic heterocycles. The lowest BCUT2D eigenvalue weighted by Gasteiger charge is -2.19. The van der Waals surface area contributed by atoms with E-state index in [-0.39, 0.29) is 0 Å². The van der Waals surface area contributed by atoms with Gasteiger partial charge in [0.2, 0.25) is 5.88 Å². The van der Waals surface area contributed by atoms with Crippen molar-refractivity contribution in [1.82, 2.24) is 9.78 Å². The third kappa shape index (κ3) is 2.05. The van der Waals surface area contributed by atoms with E-state index >= 15 is 0 Å². The fraction of sp³-hybridized carbons (Fsp3) is 0.211. The molecule has 0 aliphatic carbocycles. The summed E-state index contributed by atoms with van der Waals surface area (Å²) in [6, 6.07) is 14.3. The Balaban J connectivity index is 1.81. The van der Waals surface area contributed by atoms with Crippen LogP contribution in [0.3, 0.4) is 0 Å². The molecule has 2 aromatic carbocycles. The van der Waals surface area contributed by atoms with Gasteiger partial charge in [0.05, 0.1) is 16.6 Å². The topological polar surface area (TPSA) is 27.1 Å². The quantitative estimate of drug-likeness (QED) is 0.631. The van der Waals surface area contributed by atoms with Crippen molar-refractivity contribution in [2.45, 2.75) is 26.4 Å². The van der Waals surface area contributed by atoms with E-state index in [9.17, 15) is 0 Å². The Kier molecular flexibility index (Phi) is 3.08. The number of nitrogens with zero attached hydrogens (tertiary/aromatic N) is 2. The van der Waals surface area contributed by atoms with E-state index in [1.54, 1.807) is 0 Å². The van der Waals surface area contributed by atoms with Crippen LogP contribution in [0.4, 0.5) is 0 Å². The number of aromatic nitrogens is 2. The van der Waals surface area contributed by atoms with Crippen molar-refractivity contribution in [3.63, 3.8) is 0 Å². The molecule has 4 rings (SSSR count). The highest BCUT2D eigenvalue weighted by Crippen LogP contribution is 2.34. The van der Waals surface area contributed by atoms with Crippen molar-refractivity contribution < 1.29 is 4.74 Å². The monoisotopic (exact) mass is 288 g/mol. The third-order valence-electron chi connectivity index (χ3n) is 3.81. The van der Waals surface area contributed by atoms with Crippen LogP contribution in [-0.2, 0) is 6.61 Å². The SMILES string of the molecule is CCCC#Cc1ccc2c(c1)COc1c3ccccc3nn1-2. The molecule has 1 aromatic heterocycles. The Bertz CT molecular complexity index is 912. The second kappa shape index (κ2) is 5.23. The Morgan fingerprint density at radius 2 is 2.14 bits per heavy atom. The molecule has 0 radical (unpaired) electrons. The fourth-order valence-corrected chi connectivity index (χ4v) is 2.73. The summed E-state index contributed by atoms with van der Waals surface area (Å²) in [5.74, 6) is 7.22. The molecule has 22 heavy (non-hydrogen) atoms. The van der Waals surface area contributed by atoms with Gasteiger partial charge in [-0.3, -0.25) is 0 Å². The first kappa shape index (κ1) is 13.0. The van der Waals surface area contributed by atoms with Gasteiger partial charge in [-0.1, -0.05) is 30.9 Å². The van der Waals surface area contributed by atoms with Crippen LogP contribution in [0.2, 0.25) is 0 Å². The average Bonchev–Trinajstić information content (AvgIpc) is 2.94. The number of fused-ring (bicyclic) bond motifs is 5. The second-order valence-corrected chi connectivity index (χ2v) is 5.42. The normalized spacial score (nSPS) is 12.0. The highest BCUT2D eigenvalue weighted by Gasteiger charge is 2.21. The van der Waals surface area contributed by atoms with Gasteiger partial charge in [-0.25, -0.2) is 0 Å². The predicted molar refractivity (Wildman–Crippen MR) is 87.2 cm³/mol. The summed E-state index contributed by atoms with van der Waals surface area (Å²) in [7, 11) is 0. The lowest BCUT2D eigenvalue weighted by atomic mass is 10.1. The molecule has 0 unspecified atom stereocenters. The number of benzene rings is 2. The van der Waals surface area contributed by atoms with Gasteiger partial charge in [-0.2, -0.15) is 9.78 Å². The van der Waals surface area contributed by atoms with E-state index in [0.717, 1.165) is 46.4 Å². The lowest BCUT2D eigenvalue weighted by molar-refractivity contribution is 0.274. The average molecular weight is 288 g/mol. The lowest BCUT2D eigenvalue weighted by Crippen LogP contribution is -2.13. The molecule has 0 spiro atoms. The first-order valence-electron chi connectivity index (χ1n) is 7.59. The first-order valence-corrected chi connectivity index (χ1v) is 7.59. The molecular weight excluding hydrogens is 272 g/mol. The first-order chi connectivity index (χ1) is 10.9. The van der Waals surface area contributed by atoms with Crippen LogP contribution in [0, 0.1) is 11.8 Å². The van der Waals surface area contributed by atoms with Crippen LogP contribution >= 0.6 is 0 Å². The maximum Gasteiger partial charge on any atom is 0.225 e. The number of rotatable bonds is 1. The zero-order valence-corrected chi connectivity index (χ0v) is 12.5. The molecule has 3 aromatic rings. The van der Waals surface area contributed by atoms with Crippen LogP contribution in [0.25, 0.3) is 16.6 Å². The smallest absolute Gasteiger partial charge is 0.225 e. The van der Waals surface area contributed by atoms with E-state index in [2.05, 4.69) is 42.1 Å². The fourth-order valence-electron chi connectivity index (χ4n) is 2.73.